The van der Waals surface area contributed by atoms with E-state index in [2.05, 4.69) is 0 Å². The third kappa shape index (κ3) is 4.09. The highest BCUT2D eigenvalue weighted by Crippen LogP contribution is 2.32. The lowest BCUT2D eigenvalue weighted by Crippen LogP contribution is -2.42. The van der Waals surface area contributed by atoms with Gasteiger partial charge in [0.15, 0.2) is 21.3 Å². The second-order valence-corrected chi connectivity index (χ2v) is 8.50. The molecule has 0 bridgehead atoms. The number of ether oxygens (including phenoxy) is 2. The Morgan fingerprint density at radius 3 is 2.65 bits per heavy atom. The molecule has 2 aliphatic rings. The summed E-state index contributed by atoms with van der Waals surface area (Å²) in [7, 11) is -3.66. The van der Waals surface area contributed by atoms with E-state index in [0.717, 1.165) is 0 Å². The fourth-order valence-electron chi connectivity index (χ4n) is 3.12. The average Bonchev–Trinajstić information content (AvgIpc) is 2.65. The van der Waals surface area contributed by atoms with Crippen LogP contribution in [0.15, 0.2) is 23.1 Å². The SMILES string of the molecule is O=C(O)C1CCCN(C(=O)CCS(=O)(=O)c2ccc3c(c2)OCCO3)C1. The van der Waals surface area contributed by atoms with Crippen LogP contribution in [0, 0.1) is 5.92 Å². The Hall–Kier alpha value is -2.29. The van der Waals surface area contributed by atoms with Gasteiger partial charge in [0, 0.05) is 25.6 Å². The van der Waals surface area contributed by atoms with Crippen LogP contribution in [-0.4, -0.2) is 62.4 Å². The lowest BCUT2D eigenvalue weighted by molar-refractivity contribution is -0.145. The average molecular weight is 383 g/mol. The Kier molecular flexibility index (Phi) is 5.36. The zero-order valence-electron chi connectivity index (χ0n) is 14.2. The lowest BCUT2D eigenvalue weighted by Gasteiger charge is -2.30. The molecule has 8 nitrogen and oxygen atoms in total. The number of carbonyl (C=O) groups excluding carboxylic acids is 1. The first-order valence-corrected chi connectivity index (χ1v) is 10.1. The molecule has 2 heterocycles. The second-order valence-electron chi connectivity index (χ2n) is 6.39. The van der Waals surface area contributed by atoms with E-state index in [9.17, 15) is 18.0 Å². The number of nitrogens with zero attached hydrogens (tertiary/aromatic N) is 1. The van der Waals surface area contributed by atoms with Crippen molar-refractivity contribution in [3.63, 3.8) is 0 Å². The first-order chi connectivity index (χ1) is 12.4. The Morgan fingerprint density at radius 2 is 1.92 bits per heavy atom. The van der Waals surface area contributed by atoms with Gasteiger partial charge in [-0.05, 0) is 25.0 Å². The number of amides is 1. The number of sulfone groups is 1. The minimum atomic E-state index is -3.66. The first kappa shape index (κ1) is 18.5. The monoisotopic (exact) mass is 383 g/mol. The van der Waals surface area contributed by atoms with Gasteiger partial charge in [-0.15, -0.1) is 0 Å². The van der Waals surface area contributed by atoms with Crippen molar-refractivity contribution in [3.8, 4) is 11.5 Å². The van der Waals surface area contributed by atoms with Crippen molar-refractivity contribution in [2.45, 2.75) is 24.2 Å². The van der Waals surface area contributed by atoms with Crippen LogP contribution in [0.25, 0.3) is 0 Å². The van der Waals surface area contributed by atoms with E-state index in [1.54, 1.807) is 6.07 Å². The number of carboxylic acid groups (broad SMARTS) is 1. The summed E-state index contributed by atoms with van der Waals surface area (Å²) >= 11 is 0. The molecule has 142 valence electrons. The van der Waals surface area contributed by atoms with Crippen LogP contribution in [0.3, 0.4) is 0 Å². The maximum atomic E-state index is 12.5. The number of fused-ring (bicyclic) bond motifs is 1. The summed E-state index contributed by atoms with van der Waals surface area (Å²) in [6.45, 7) is 1.38. The number of benzene rings is 1. The van der Waals surface area contributed by atoms with Gasteiger partial charge in [-0.3, -0.25) is 9.59 Å². The van der Waals surface area contributed by atoms with Crippen molar-refractivity contribution in [2.75, 3.05) is 32.1 Å². The van der Waals surface area contributed by atoms with Gasteiger partial charge < -0.3 is 19.5 Å². The number of carboxylic acids is 1. The highest BCUT2D eigenvalue weighted by molar-refractivity contribution is 7.91. The molecule has 0 aromatic heterocycles. The molecule has 1 atom stereocenters. The van der Waals surface area contributed by atoms with Crippen LogP contribution in [0.4, 0.5) is 0 Å². The van der Waals surface area contributed by atoms with Crippen molar-refractivity contribution >= 4 is 21.7 Å². The van der Waals surface area contributed by atoms with E-state index < -0.39 is 21.7 Å². The molecule has 1 fully saturated rings. The largest absolute Gasteiger partial charge is 0.486 e. The standard InChI is InChI=1S/C17H21NO7S/c19-16(18-6-1-2-12(11-18)17(20)21)5-9-26(22,23)13-3-4-14-15(10-13)25-8-7-24-14/h3-4,10,12H,1-2,5-9,11H2,(H,20,21). The van der Waals surface area contributed by atoms with E-state index in [0.29, 0.717) is 44.1 Å². The summed E-state index contributed by atoms with van der Waals surface area (Å²) in [5, 5.41) is 9.09. The summed E-state index contributed by atoms with van der Waals surface area (Å²) < 4.78 is 35.8. The zero-order valence-corrected chi connectivity index (χ0v) is 15.0. The highest BCUT2D eigenvalue weighted by Gasteiger charge is 2.29. The molecule has 0 saturated carbocycles. The van der Waals surface area contributed by atoms with Crippen molar-refractivity contribution in [2.24, 2.45) is 5.92 Å². The van der Waals surface area contributed by atoms with Gasteiger partial charge in [-0.1, -0.05) is 0 Å². The number of rotatable bonds is 5. The highest BCUT2D eigenvalue weighted by atomic mass is 32.2. The van der Waals surface area contributed by atoms with E-state index in [1.165, 1.54) is 17.0 Å². The summed E-state index contributed by atoms with van der Waals surface area (Å²) in [4.78, 5) is 24.9. The maximum absolute atomic E-state index is 12.5. The van der Waals surface area contributed by atoms with Gasteiger partial charge in [0.05, 0.1) is 16.6 Å². The third-order valence-electron chi connectivity index (χ3n) is 4.58. The quantitative estimate of drug-likeness (QED) is 0.806. The normalized spacial score (nSPS) is 19.8. The molecule has 1 amide bonds. The van der Waals surface area contributed by atoms with Crippen LogP contribution in [0.5, 0.6) is 11.5 Å². The smallest absolute Gasteiger partial charge is 0.308 e. The first-order valence-electron chi connectivity index (χ1n) is 8.50. The molecule has 1 aromatic rings. The molecule has 26 heavy (non-hydrogen) atoms. The van der Waals surface area contributed by atoms with Crippen LogP contribution < -0.4 is 9.47 Å². The van der Waals surface area contributed by atoms with E-state index in [4.69, 9.17) is 14.6 Å². The summed E-state index contributed by atoms with van der Waals surface area (Å²) in [6, 6.07) is 4.40. The molecular formula is C17H21NO7S. The topological polar surface area (TPSA) is 110 Å². The molecule has 0 aliphatic carbocycles. The predicted octanol–water partition coefficient (Wildman–Crippen LogP) is 0.945. The molecule has 0 radical (unpaired) electrons. The molecular weight excluding hydrogens is 362 g/mol. The molecule has 0 spiro atoms. The van der Waals surface area contributed by atoms with Gasteiger partial charge in [0.1, 0.15) is 13.2 Å². The van der Waals surface area contributed by atoms with E-state index in [-0.39, 0.29) is 29.5 Å². The summed E-state index contributed by atoms with van der Waals surface area (Å²) in [5.41, 5.74) is 0. The number of aliphatic carboxylic acids is 1. The van der Waals surface area contributed by atoms with Crippen molar-refractivity contribution in [3.05, 3.63) is 18.2 Å². The van der Waals surface area contributed by atoms with Crippen LogP contribution in [0.2, 0.25) is 0 Å². The molecule has 1 unspecified atom stereocenters. The van der Waals surface area contributed by atoms with Crippen LogP contribution in [0.1, 0.15) is 19.3 Å². The van der Waals surface area contributed by atoms with E-state index in [1.807, 2.05) is 0 Å². The number of piperidine rings is 1. The Labute approximate surface area is 151 Å². The zero-order chi connectivity index (χ0) is 18.7. The van der Waals surface area contributed by atoms with Crippen molar-refractivity contribution < 1.29 is 32.6 Å². The van der Waals surface area contributed by atoms with Gasteiger partial charge in [-0.2, -0.15) is 0 Å². The summed E-state index contributed by atoms with van der Waals surface area (Å²) in [6.07, 6.45) is 0.968. The van der Waals surface area contributed by atoms with Crippen LogP contribution >= 0.6 is 0 Å². The van der Waals surface area contributed by atoms with Crippen molar-refractivity contribution in [1.82, 2.24) is 4.90 Å². The third-order valence-corrected chi connectivity index (χ3v) is 6.29. The molecule has 1 saturated heterocycles. The van der Waals surface area contributed by atoms with Crippen molar-refractivity contribution in [1.29, 1.82) is 0 Å². The minimum absolute atomic E-state index is 0.0802. The molecule has 1 aromatic carbocycles. The Bertz CT molecular complexity index is 805. The number of carbonyl (C=O) groups is 2. The second kappa shape index (κ2) is 7.53. The molecule has 3 rings (SSSR count). The molecule has 1 N–H and O–H groups in total. The molecule has 2 aliphatic heterocycles. The lowest BCUT2D eigenvalue weighted by atomic mass is 9.98. The van der Waals surface area contributed by atoms with E-state index >= 15 is 0 Å². The minimum Gasteiger partial charge on any atom is -0.486 e. The van der Waals surface area contributed by atoms with Crippen LogP contribution in [-0.2, 0) is 19.4 Å². The Balaban J connectivity index is 1.63. The summed E-state index contributed by atoms with van der Waals surface area (Å²) in [5.74, 6) is -1.30. The van der Waals surface area contributed by atoms with Gasteiger partial charge in [-0.25, -0.2) is 8.42 Å². The molecule has 9 heteroatoms. The number of hydrogen-bond acceptors (Lipinski definition) is 6. The van der Waals surface area contributed by atoms with Gasteiger partial charge >= 0.3 is 5.97 Å². The van der Waals surface area contributed by atoms with Gasteiger partial charge in [0.2, 0.25) is 5.91 Å². The maximum Gasteiger partial charge on any atom is 0.308 e. The fourth-order valence-corrected chi connectivity index (χ4v) is 4.36. The number of hydrogen-bond donors (Lipinski definition) is 1. The van der Waals surface area contributed by atoms with Gasteiger partial charge in [0.25, 0.3) is 0 Å². The fraction of sp³-hybridized carbons (Fsp3) is 0.529. The number of likely N-dealkylation sites (tertiary alicyclic amines) is 1. The predicted molar refractivity (Wildman–Crippen MR) is 91.0 cm³/mol. The Morgan fingerprint density at radius 1 is 1.19 bits per heavy atom.